The Morgan fingerprint density at radius 1 is 1.08 bits per heavy atom. The molecule has 1 aliphatic rings. The summed E-state index contributed by atoms with van der Waals surface area (Å²) in [5.74, 6) is -0.843. The lowest BCUT2D eigenvalue weighted by Crippen LogP contribution is -2.49. The van der Waals surface area contributed by atoms with Gasteiger partial charge in [0.2, 0.25) is 21.8 Å². The van der Waals surface area contributed by atoms with Crippen molar-refractivity contribution in [1.82, 2.24) is 10.2 Å². The van der Waals surface area contributed by atoms with Gasteiger partial charge in [0.1, 0.15) is 11.9 Å². The highest BCUT2D eigenvalue weighted by Gasteiger charge is 2.29. The molecule has 1 N–H and O–H groups in total. The predicted octanol–water partition coefficient (Wildman–Crippen LogP) is 4.46. The molecule has 2 amide bonds. The summed E-state index contributed by atoms with van der Waals surface area (Å²) in [5, 5.41) is 3.06. The third-order valence-electron chi connectivity index (χ3n) is 7.13. The van der Waals surface area contributed by atoms with E-state index >= 15 is 0 Å². The first-order valence-corrected chi connectivity index (χ1v) is 14.7. The predicted molar refractivity (Wildman–Crippen MR) is 144 cm³/mol. The number of nitrogens with one attached hydrogen (secondary N) is 1. The number of rotatable bonds is 11. The number of sulfonamides is 1. The molecule has 7 nitrogen and oxygen atoms in total. The molecule has 0 spiro atoms. The first kappa shape index (κ1) is 28.6. The van der Waals surface area contributed by atoms with Crippen LogP contribution in [0.2, 0.25) is 0 Å². The second-order valence-electron chi connectivity index (χ2n) is 9.97. The van der Waals surface area contributed by atoms with Crippen molar-refractivity contribution in [1.29, 1.82) is 0 Å². The van der Waals surface area contributed by atoms with Crippen LogP contribution in [0.4, 0.5) is 10.1 Å². The third kappa shape index (κ3) is 7.77. The number of hydrogen-bond donors (Lipinski definition) is 1. The molecule has 1 atom stereocenters. The van der Waals surface area contributed by atoms with E-state index in [1.807, 2.05) is 26.0 Å². The lowest BCUT2D eigenvalue weighted by Gasteiger charge is -2.30. The van der Waals surface area contributed by atoms with Crippen molar-refractivity contribution in [3.8, 4) is 0 Å². The van der Waals surface area contributed by atoms with Crippen LogP contribution in [0.3, 0.4) is 0 Å². The summed E-state index contributed by atoms with van der Waals surface area (Å²) in [6.07, 6.45) is 5.54. The van der Waals surface area contributed by atoms with E-state index in [9.17, 15) is 22.4 Å². The monoisotopic (exact) mass is 531 g/mol. The maximum absolute atomic E-state index is 13.4. The zero-order valence-electron chi connectivity index (χ0n) is 22.2. The van der Waals surface area contributed by atoms with Gasteiger partial charge >= 0.3 is 0 Å². The Bertz CT molecular complexity index is 1190. The second kappa shape index (κ2) is 12.5. The van der Waals surface area contributed by atoms with Gasteiger partial charge in [0, 0.05) is 25.6 Å². The van der Waals surface area contributed by atoms with Crippen molar-refractivity contribution in [3.63, 3.8) is 0 Å². The summed E-state index contributed by atoms with van der Waals surface area (Å²) >= 11 is 0. The molecular weight excluding hydrogens is 493 g/mol. The largest absolute Gasteiger partial charge is 0.352 e. The van der Waals surface area contributed by atoms with E-state index in [1.54, 1.807) is 25.1 Å². The number of carbonyl (C=O) groups is 2. The minimum Gasteiger partial charge on any atom is -0.352 e. The Morgan fingerprint density at radius 3 is 2.35 bits per heavy atom. The van der Waals surface area contributed by atoms with Gasteiger partial charge in [-0.3, -0.25) is 13.9 Å². The number of nitrogens with zero attached hydrogens (tertiary/aromatic N) is 2. The molecule has 1 fully saturated rings. The van der Waals surface area contributed by atoms with Gasteiger partial charge in [-0.15, -0.1) is 0 Å². The van der Waals surface area contributed by atoms with Crippen LogP contribution in [0.1, 0.15) is 62.1 Å². The fourth-order valence-electron chi connectivity index (χ4n) is 4.75. The number of halogens is 1. The third-order valence-corrected chi connectivity index (χ3v) is 8.31. The Balaban J connectivity index is 1.73. The summed E-state index contributed by atoms with van der Waals surface area (Å²) in [4.78, 5) is 27.9. The molecule has 1 saturated carbocycles. The summed E-state index contributed by atoms with van der Waals surface area (Å²) in [7, 11) is -3.56. The molecule has 1 aliphatic carbocycles. The molecule has 0 unspecified atom stereocenters. The Kier molecular flexibility index (Phi) is 9.70. The van der Waals surface area contributed by atoms with Gasteiger partial charge < -0.3 is 10.2 Å². The van der Waals surface area contributed by atoms with E-state index in [-0.39, 0.29) is 49.6 Å². The van der Waals surface area contributed by atoms with Crippen molar-refractivity contribution >= 4 is 27.5 Å². The quantitative estimate of drug-likeness (QED) is 0.464. The highest BCUT2D eigenvalue weighted by atomic mass is 32.2. The van der Waals surface area contributed by atoms with Crippen molar-refractivity contribution in [2.24, 2.45) is 0 Å². The van der Waals surface area contributed by atoms with Crippen molar-refractivity contribution in [2.75, 3.05) is 17.1 Å². The van der Waals surface area contributed by atoms with E-state index in [2.05, 4.69) is 5.32 Å². The SMILES string of the molecule is Cc1cccc(N(CCCC(=O)N(Cc2ccc(F)cc2)[C@@H](C)C(=O)NC2CCCC2)S(C)(=O)=O)c1C. The van der Waals surface area contributed by atoms with E-state index in [0.29, 0.717) is 11.3 Å². The average molecular weight is 532 g/mol. The van der Waals surface area contributed by atoms with Crippen LogP contribution in [0, 0.1) is 19.7 Å². The second-order valence-corrected chi connectivity index (χ2v) is 11.9. The first-order valence-electron chi connectivity index (χ1n) is 12.9. The average Bonchev–Trinajstić information content (AvgIpc) is 3.35. The number of aryl methyl sites for hydroxylation is 1. The van der Waals surface area contributed by atoms with E-state index in [1.165, 1.54) is 21.3 Å². The Morgan fingerprint density at radius 2 is 1.73 bits per heavy atom. The Hall–Kier alpha value is -2.94. The highest BCUT2D eigenvalue weighted by Crippen LogP contribution is 2.26. The summed E-state index contributed by atoms with van der Waals surface area (Å²) in [5.41, 5.74) is 3.16. The van der Waals surface area contributed by atoms with Gasteiger partial charge in [-0.2, -0.15) is 0 Å². The van der Waals surface area contributed by atoms with Crippen LogP contribution in [0.15, 0.2) is 42.5 Å². The van der Waals surface area contributed by atoms with E-state index in [4.69, 9.17) is 0 Å². The molecule has 2 aromatic carbocycles. The van der Waals surface area contributed by atoms with Gasteiger partial charge in [0.15, 0.2) is 0 Å². The minimum absolute atomic E-state index is 0.0686. The van der Waals surface area contributed by atoms with Crippen LogP contribution < -0.4 is 9.62 Å². The molecule has 0 heterocycles. The van der Waals surface area contributed by atoms with Crippen LogP contribution in [-0.4, -0.2) is 50.0 Å². The topological polar surface area (TPSA) is 86.8 Å². The summed E-state index contributed by atoms with van der Waals surface area (Å²) < 4.78 is 39.9. The van der Waals surface area contributed by atoms with Crippen LogP contribution >= 0.6 is 0 Å². The van der Waals surface area contributed by atoms with Crippen LogP contribution in [0.25, 0.3) is 0 Å². The summed E-state index contributed by atoms with van der Waals surface area (Å²) in [6, 6.07) is 10.8. The van der Waals surface area contributed by atoms with Gasteiger partial charge in [0.25, 0.3) is 0 Å². The summed E-state index contributed by atoms with van der Waals surface area (Å²) in [6.45, 7) is 5.80. The number of carbonyl (C=O) groups excluding carboxylic acids is 2. The smallest absolute Gasteiger partial charge is 0.242 e. The normalized spacial score (nSPS) is 14.8. The molecule has 3 rings (SSSR count). The molecule has 0 aliphatic heterocycles. The molecule has 37 heavy (non-hydrogen) atoms. The lowest BCUT2D eigenvalue weighted by molar-refractivity contribution is -0.141. The first-order chi connectivity index (χ1) is 17.5. The van der Waals surface area contributed by atoms with Crippen LogP contribution in [-0.2, 0) is 26.2 Å². The van der Waals surface area contributed by atoms with Gasteiger partial charge in [-0.05, 0) is 74.9 Å². The van der Waals surface area contributed by atoms with Gasteiger partial charge in [0.05, 0.1) is 11.9 Å². The maximum atomic E-state index is 13.4. The van der Waals surface area contributed by atoms with E-state index in [0.717, 1.165) is 43.1 Å². The van der Waals surface area contributed by atoms with Crippen molar-refractivity contribution < 1.29 is 22.4 Å². The number of hydrogen-bond acceptors (Lipinski definition) is 4. The van der Waals surface area contributed by atoms with Crippen molar-refractivity contribution in [2.45, 2.75) is 77.9 Å². The number of amides is 2. The molecular formula is C28H38FN3O4S. The van der Waals surface area contributed by atoms with E-state index < -0.39 is 16.1 Å². The molecule has 202 valence electrons. The zero-order valence-corrected chi connectivity index (χ0v) is 23.0. The minimum atomic E-state index is -3.56. The van der Waals surface area contributed by atoms with Gasteiger partial charge in [-0.25, -0.2) is 12.8 Å². The van der Waals surface area contributed by atoms with Crippen molar-refractivity contribution in [3.05, 3.63) is 65.0 Å². The number of anilines is 1. The molecule has 0 saturated heterocycles. The molecule has 0 bridgehead atoms. The highest BCUT2D eigenvalue weighted by molar-refractivity contribution is 7.92. The van der Waals surface area contributed by atoms with Crippen LogP contribution in [0.5, 0.6) is 0 Å². The zero-order chi connectivity index (χ0) is 27.2. The standard InChI is InChI=1S/C28H38FN3O4S/c1-20-9-7-12-26(21(20)2)32(37(4,35)36)18-8-13-27(33)31(19-23-14-16-24(29)17-15-23)22(3)28(34)30-25-10-5-6-11-25/h7,9,12,14-17,22,25H,5-6,8,10-11,13,18-19H2,1-4H3,(H,30,34)/t22-/m0/s1. The lowest BCUT2D eigenvalue weighted by atomic mass is 10.1. The molecule has 9 heteroatoms. The molecule has 0 aromatic heterocycles. The fourth-order valence-corrected chi connectivity index (χ4v) is 5.77. The Labute approximate surface area is 220 Å². The molecule has 2 aromatic rings. The molecule has 0 radical (unpaired) electrons. The number of benzene rings is 2. The maximum Gasteiger partial charge on any atom is 0.242 e. The fraction of sp³-hybridized carbons (Fsp3) is 0.500. The van der Waals surface area contributed by atoms with Gasteiger partial charge in [-0.1, -0.05) is 37.1 Å².